The number of benzene rings is 3. The van der Waals surface area contributed by atoms with Crippen molar-refractivity contribution in [3.05, 3.63) is 127 Å². The molecule has 17 heteroatoms. The number of nitrogens with one attached hydrogen (secondary N) is 1. The Morgan fingerprint density at radius 1 is 0.980 bits per heavy atom. The first-order valence-corrected chi connectivity index (χ1v) is 17.6. The standard InChI is InChI=1S/C34H36BrN2O13P/c1-4-46-28(38)20-47-29-31(37-18-26(35)30(39)36-32(37)40)49-27(34(29,41)50-51(42)43)19-48-33(21-8-6-5-7-9-21,22-10-14-24(44-2)15-11-22)23-12-16-25(45-3)17-13-23/h5-18,27,29,31,41,51H,4,19-20H2,1-3H3,(H,42,43)(H,36,39,40)/t27-,29+,31-,34-/m1/s1. The Hall–Kier alpha value is -4.12. The van der Waals surface area contributed by atoms with Crippen LogP contribution in [0, 0.1) is 0 Å². The summed E-state index contributed by atoms with van der Waals surface area (Å²) in [5.41, 5.74) is -1.29. The van der Waals surface area contributed by atoms with E-state index in [0.717, 1.165) is 10.8 Å². The van der Waals surface area contributed by atoms with Gasteiger partial charge in [-0.25, -0.2) is 9.59 Å². The number of hydrogen-bond acceptors (Lipinski definition) is 12. The molecule has 0 bridgehead atoms. The van der Waals surface area contributed by atoms with Gasteiger partial charge in [0.25, 0.3) is 5.56 Å². The second-order valence-corrected chi connectivity index (χ2v) is 12.7. The highest BCUT2D eigenvalue weighted by Crippen LogP contribution is 2.47. The van der Waals surface area contributed by atoms with Gasteiger partial charge < -0.3 is 38.4 Å². The third-order valence-corrected chi connectivity index (χ3v) is 9.26. The molecule has 3 N–H and O–H groups in total. The van der Waals surface area contributed by atoms with Crippen LogP contribution in [0.3, 0.4) is 0 Å². The quantitative estimate of drug-likeness (QED) is 0.0689. The van der Waals surface area contributed by atoms with Crippen molar-refractivity contribution in [2.75, 3.05) is 34.0 Å². The lowest BCUT2D eigenvalue weighted by Gasteiger charge is -2.38. The summed E-state index contributed by atoms with van der Waals surface area (Å²) in [4.78, 5) is 49.7. The smallest absolute Gasteiger partial charge is 0.332 e. The lowest BCUT2D eigenvalue weighted by molar-refractivity contribution is -0.234. The lowest BCUT2D eigenvalue weighted by Crippen LogP contribution is -2.53. The van der Waals surface area contributed by atoms with Gasteiger partial charge in [0.05, 0.1) is 31.9 Å². The Morgan fingerprint density at radius 2 is 1.55 bits per heavy atom. The monoisotopic (exact) mass is 790 g/mol. The second kappa shape index (κ2) is 16.5. The van der Waals surface area contributed by atoms with E-state index in [-0.39, 0.29) is 11.1 Å². The number of esters is 1. The average Bonchev–Trinajstić information content (AvgIpc) is 3.39. The fourth-order valence-electron chi connectivity index (χ4n) is 5.85. The van der Waals surface area contributed by atoms with E-state index in [4.69, 9.17) is 32.9 Å². The first-order valence-electron chi connectivity index (χ1n) is 15.5. The molecule has 1 aromatic heterocycles. The van der Waals surface area contributed by atoms with Crippen LogP contribution < -0.4 is 20.7 Å². The Kier molecular flexibility index (Phi) is 12.3. The van der Waals surface area contributed by atoms with E-state index in [2.05, 4.69) is 20.9 Å². The number of halogens is 1. The lowest BCUT2D eigenvalue weighted by atomic mass is 9.80. The number of ether oxygens (including phenoxy) is 6. The van der Waals surface area contributed by atoms with Gasteiger partial charge in [-0.2, -0.15) is 0 Å². The molecule has 15 nitrogen and oxygen atoms in total. The molecule has 0 aliphatic carbocycles. The molecular weight excluding hydrogens is 755 g/mol. The highest BCUT2D eigenvalue weighted by atomic mass is 79.9. The van der Waals surface area contributed by atoms with E-state index in [1.54, 1.807) is 55.5 Å². The predicted octanol–water partition coefficient (Wildman–Crippen LogP) is 3.26. The molecule has 0 radical (unpaired) electrons. The Morgan fingerprint density at radius 3 is 2.08 bits per heavy atom. The van der Waals surface area contributed by atoms with Crippen LogP contribution in [-0.4, -0.2) is 77.6 Å². The summed E-state index contributed by atoms with van der Waals surface area (Å²) >= 11 is 3.07. The van der Waals surface area contributed by atoms with Gasteiger partial charge in [0, 0.05) is 6.20 Å². The summed E-state index contributed by atoms with van der Waals surface area (Å²) in [6, 6.07) is 23.3. The number of aromatic nitrogens is 2. The van der Waals surface area contributed by atoms with Gasteiger partial charge in [-0.3, -0.25) is 23.4 Å². The third-order valence-electron chi connectivity index (χ3n) is 8.19. The maximum absolute atomic E-state index is 13.1. The minimum atomic E-state index is -3.95. The molecule has 1 unspecified atom stereocenters. The fraction of sp³-hybridized carbons (Fsp3) is 0.324. The molecule has 51 heavy (non-hydrogen) atoms. The molecule has 5 atom stereocenters. The molecule has 5 rings (SSSR count). The molecule has 1 saturated heterocycles. The number of carbonyl (C=O) groups is 1. The summed E-state index contributed by atoms with van der Waals surface area (Å²) < 4.78 is 52.9. The van der Waals surface area contributed by atoms with Crippen molar-refractivity contribution in [2.45, 2.75) is 36.7 Å². The van der Waals surface area contributed by atoms with E-state index in [1.807, 2.05) is 30.3 Å². The number of nitrogens with zero attached hydrogens (tertiary/aromatic N) is 1. The summed E-state index contributed by atoms with van der Waals surface area (Å²) in [6.07, 6.45) is -4.03. The van der Waals surface area contributed by atoms with E-state index >= 15 is 0 Å². The third kappa shape index (κ3) is 8.03. The van der Waals surface area contributed by atoms with Crippen molar-refractivity contribution in [3.63, 3.8) is 0 Å². The van der Waals surface area contributed by atoms with Crippen LogP contribution in [0.2, 0.25) is 0 Å². The number of rotatable bonds is 15. The highest BCUT2D eigenvalue weighted by Gasteiger charge is 2.61. The van der Waals surface area contributed by atoms with Crippen LogP contribution in [0.1, 0.15) is 29.8 Å². The van der Waals surface area contributed by atoms with E-state index in [1.165, 1.54) is 14.2 Å². The van der Waals surface area contributed by atoms with Gasteiger partial charge in [0.15, 0.2) is 12.3 Å². The number of aromatic amines is 1. The fourth-order valence-corrected chi connectivity index (χ4v) is 6.69. The van der Waals surface area contributed by atoms with E-state index < -0.39 is 68.5 Å². The molecule has 0 spiro atoms. The minimum absolute atomic E-state index is 0.0129. The first-order chi connectivity index (χ1) is 24.5. The zero-order chi connectivity index (χ0) is 36.8. The van der Waals surface area contributed by atoms with Crippen LogP contribution in [0.25, 0.3) is 0 Å². The van der Waals surface area contributed by atoms with Gasteiger partial charge in [0.1, 0.15) is 29.8 Å². The summed E-state index contributed by atoms with van der Waals surface area (Å²) in [5.74, 6) is -2.50. The molecule has 272 valence electrons. The van der Waals surface area contributed by atoms with Gasteiger partial charge in [0.2, 0.25) is 5.79 Å². The van der Waals surface area contributed by atoms with Crippen molar-refractivity contribution >= 4 is 30.2 Å². The van der Waals surface area contributed by atoms with Gasteiger partial charge >= 0.3 is 19.9 Å². The maximum Gasteiger partial charge on any atom is 0.332 e. The summed E-state index contributed by atoms with van der Waals surface area (Å²) in [7, 11) is -0.884. The molecular formula is C34H36BrN2O13P. The van der Waals surface area contributed by atoms with Gasteiger partial charge in [-0.15, -0.1) is 0 Å². The first kappa shape index (κ1) is 38.1. The molecule has 2 heterocycles. The molecule has 1 aliphatic rings. The largest absolute Gasteiger partial charge is 0.497 e. The van der Waals surface area contributed by atoms with Gasteiger partial charge in [-0.1, -0.05) is 54.6 Å². The summed E-state index contributed by atoms with van der Waals surface area (Å²) in [5, 5.41) is 12.1. The van der Waals surface area contributed by atoms with Crippen LogP contribution in [0.4, 0.5) is 0 Å². The van der Waals surface area contributed by atoms with Crippen molar-refractivity contribution < 1.29 is 52.3 Å². The van der Waals surface area contributed by atoms with Crippen molar-refractivity contribution in [1.29, 1.82) is 0 Å². The van der Waals surface area contributed by atoms with Crippen LogP contribution >= 0.6 is 24.2 Å². The molecule has 0 saturated carbocycles. The maximum atomic E-state index is 13.1. The number of methoxy groups -OCH3 is 2. The Balaban J connectivity index is 1.66. The number of carbonyl (C=O) groups excluding carboxylic acids is 1. The zero-order valence-electron chi connectivity index (χ0n) is 27.6. The Bertz CT molecular complexity index is 1890. The molecule has 0 amide bonds. The number of aliphatic hydroxyl groups is 1. The van der Waals surface area contributed by atoms with Crippen LogP contribution in [-0.2, 0) is 38.4 Å². The SMILES string of the molecule is CCOC(=O)CO[C@H]1[C@H](n2cc(Br)c(=O)[nH]c2=O)O[C@H](COC(c2ccccc2)(c2ccc(OC)cc2)c2ccc(OC)cc2)[C@@]1(O)O[PH](=O)O. The predicted molar refractivity (Wildman–Crippen MR) is 185 cm³/mol. The number of hydrogen-bond donors (Lipinski definition) is 3. The van der Waals surface area contributed by atoms with Crippen molar-refractivity contribution in [3.8, 4) is 11.5 Å². The zero-order valence-corrected chi connectivity index (χ0v) is 30.2. The van der Waals surface area contributed by atoms with Crippen LogP contribution in [0.5, 0.6) is 11.5 Å². The Labute approximate surface area is 300 Å². The van der Waals surface area contributed by atoms with E-state index in [0.29, 0.717) is 28.2 Å². The minimum Gasteiger partial charge on any atom is -0.497 e. The van der Waals surface area contributed by atoms with Crippen molar-refractivity contribution in [1.82, 2.24) is 9.55 Å². The normalized spacial score (nSPS) is 20.9. The average molecular weight is 792 g/mol. The molecule has 3 aromatic carbocycles. The van der Waals surface area contributed by atoms with Gasteiger partial charge in [-0.05, 0) is 63.8 Å². The second-order valence-electron chi connectivity index (χ2n) is 11.1. The molecule has 1 aliphatic heterocycles. The highest BCUT2D eigenvalue weighted by molar-refractivity contribution is 9.10. The van der Waals surface area contributed by atoms with Crippen LogP contribution in [0.15, 0.2) is 99.1 Å². The molecule has 4 aromatic rings. The van der Waals surface area contributed by atoms with E-state index in [9.17, 15) is 28.9 Å². The molecule has 1 fully saturated rings. The topological polar surface area (TPSA) is 194 Å². The van der Waals surface area contributed by atoms with Crippen molar-refractivity contribution in [2.24, 2.45) is 0 Å². The summed E-state index contributed by atoms with van der Waals surface area (Å²) in [6.45, 7) is 0.258. The number of H-pyrrole nitrogens is 1.